The van der Waals surface area contributed by atoms with Crippen LogP contribution in [0.4, 0.5) is 0 Å². The predicted molar refractivity (Wildman–Crippen MR) is 127 cm³/mol. The highest BCUT2D eigenvalue weighted by molar-refractivity contribution is 8.00. The number of carbonyl (C=O) groups is 1. The maximum absolute atomic E-state index is 13.3. The molecule has 1 saturated heterocycles. The summed E-state index contributed by atoms with van der Waals surface area (Å²) in [6.45, 7) is 9.22. The standard InChI is InChI=1S/C24H37N5OS/c1-7-21(27(5)6)22-25-26-24(28(22)16-20-14-9-8-10-15-20)31-19(4)23(30)29-17(2)12-11-13-18(29)3/h8-10,14-15,17-19,21H,7,11-13,16H2,1-6H3/t17-,18+,19-,21+/m0/s1. The Morgan fingerprint density at radius 3 is 2.39 bits per heavy atom. The number of nitrogens with zero attached hydrogens (tertiary/aromatic N) is 5. The molecule has 1 aliphatic heterocycles. The number of likely N-dealkylation sites (tertiary alicyclic amines) is 1. The van der Waals surface area contributed by atoms with E-state index in [2.05, 4.69) is 83.7 Å². The predicted octanol–water partition coefficient (Wildman–Crippen LogP) is 4.61. The van der Waals surface area contributed by atoms with Gasteiger partial charge in [-0.25, -0.2) is 0 Å². The summed E-state index contributed by atoms with van der Waals surface area (Å²) in [6.07, 6.45) is 4.32. The van der Waals surface area contributed by atoms with Gasteiger partial charge in [-0.2, -0.15) is 0 Å². The number of thioether (sulfide) groups is 1. The summed E-state index contributed by atoms with van der Waals surface area (Å²) < 4.78 is 2.20. The molecule has 1 aliphatic rings. The number of aromatic nitrogens is 3. The van der Waals surface area contributed by atoms with Gasteiger partial charge in [-0.15, -0.1) is 10.2 Å². The zero-order valence-corrected chi connectivity index (χ0v) is 20.6. The smallest absolute Gasteiger partial charge is 0.236 e. The van der Waals surface area contributed by atoms with E-state index in [1.165, 1.54) is 23.7 Å². The number of hydrogen-bond donors (Lipinski definition) is 0. The van der Waals surface area contributed by atoms with Gasteiger partial charge in [-0.05, 0) is 66.1 Å². The van der Waals surface area contributed by atoms with Gasteiger partial charge in [0.25, 0.3) is 0 Å². The van der Waals surface area contributed by atoms with E-state index in [9.17, 15) is 4.79 Å². The highest BCUT2D eigenvalue weighted by Gasteiger charge is 2.33. The van der Waals surface area contributed by atoms with Crippen LogP contribution in [0, 0.1) is 0 Å². The topological polar surface area (TPSA) is 54.3 Å². The zero-order chi connectivity index (χ0) is 22.5. The minimum atomic E-state index is -0.200. The molecule has 1 aromatic carbocycles. The molecule has 2 heterocycles. The van der Waals surface area contributed by atoms with Crippen molar-refractivity contribution in [1.82, 2.24) is 24.6 Å². The first-order valence-electron chi connectivity index (χ1n) is 11.5. The van der Waals surface area contributed by atoms with E-state index >= 15 is 0 Å². The SMILES string of the molecule is CC[C@H](c1nnc(S[C@@H](C)C(=O)N2[C@H](C)CCC[C@@H]2C)n1Cc1ccccc1)N(C)C. The summed E-state index contributed by atoms with van der Waals surface area (Å²) in [7, 11) is 4.15. The summed E-state index contributed by atoms with van der Waals surface area (Å²) in [4.78, 5) is 17.6. The van der Waals surface area contributed by atoms with Crippen molar-refractivity contribution in [2.24, 2.45) is 0 Å². The van der Waals surface area contributed by atoms with Crippen molar-refractivity contribution in [2.45, 2.75) is 88.5 Å². The molecule has 1 amide bonds. The van der Waals surface area contributed by atoms with Crippen molar-refractivity contribution in [1.29, 1.82) is 0 Å². The van der Waals surface area contributed by atoms with Crippen LogP contribution < -0.4 is 0 Å². The van der Waals surface area contributed by atoms with Crippen molar-refractivity contribution in [3.63, 3.8) is 0 Å². The molecular formula is C24H37N5OS. The van der Waals surface area contributed by atoms with E-state index in [4.69, 9.17) is 0 Å². The molecule has 1 aromatic heterocycles. The first-order valence-corrected chi connectivity index (χ1v) is 12.3. The Labute approximate surface area is 191 Å². The summed E-state index contributed by atoms with van der Waals surface area (Å²) in [5.41, 5.74) is 1.20. The normalized spacial score (nSPS) is 21.3. The molecule has 0 unspecified atom stereocenters. The third-order valence-corrected chi connectivity index (χ3v) is 7.38. The van der Waals surface area contributed by atoms with E-state index in [-0.39, 0.29) is 17.2 Å². The Kier molecular flexibility index (Phi) is 8.17. The summed E-state index contributed by atoms with van der Waals surface area (Å²) in [6, 6.07) is 11.2. The average molecular weight is 444 g/mol. The van der Waals surface area contributed by atoms with E-state index in [0.29, 0.717) is 18.6 Å². The fourth-order valence-electron chi connectivity index (χ4n) is 4.60. The van der Waals surface area contributed by atoms with Crippen molar-refractivity contribution in [3.8, 4) is 0 Å². The molecule has 0 saturated carbocycles. The molecule has 2 aromatic rings. The van der Waals surface area contributed by atoms with Crippen LogP contribution in [0.3, 0.4) is 0 Å². The van der Waals surface area contributed by atoms with E-state index in [0.717, 1.165) is 30.2 Å². The molecule has 0 aliphatic carbocycles. The van der Waals surface area contributed by atoms with Gasteiger partial charge in [0.1, 0.15) is 0 Å². The average Bonchev–Trinajstić information content (AvgIpc) is 3.10. The number of amides is 1. The third-order valence-electron chi connectivity index (χ3n) is 6.32. The minimum absolute atomic E-state index is 0.179. The van der Waals surface area contributed by atoms with E-state index in [1.807, 2.05) is 13.0 Å². The first-order chi connectivity index (χ1) is 14.8. The Hall–Kier alpha value is -1.86. The van der Waals surface area contributed by atoms with Gasteiger partial charge < -0.3 is 9.47 Å². The summed E-state index contributed by atoms with van der Waals surface area (Å²) in [5.74, 6) is 1.17. The quantitative estimate of drug-likeness (QED) is 0.558. The maximum atomic E-state index is 13.3. The monoisotopic (exact) mass is 443 g/mol. The lowest BCUT2D eigenvalue weighted by Gasteiger charge is -2.40. The fraction of sp³-hybridized carbons (Fsp3) is 0.625. The lowest BCUT2D eigenvalue weighted by molar-refractivity contribution is -0.136. The van der Waals surface area contributed by atoms with Crippen molar-refractivity contribution in [2.75, 3.05) is 14.1 Å². The molecule has 1 fully saturated rings. The first kappa shape index (κ1) is 23.8. The molecule has 0 N–H and O–H groups in total. The van der Waals surface area contributed by atoms with Crippen LogP contribution in [0.5, 0.6) is 0 Å². The van der Waals surface area contributed by atoms with Gasteiger partial charge in [0, 0.05) is 12.1 Å². The molecule has 6 nitrogen and oxygen atoms in total. The van der Waals surface area contributed by atoms with Crippen LogP contribution in [-0.4, -0.2) is 61.9 Å². The van der Waals surface area contributed by atoms with E-state index < -0.39 is 0 Å². The molecule has 170 valence electrons. The minimum Gasteiger partial charge on any atom is -0.336 e. The van der Waals surface area contributed by atoms with Crippen LogP contribution >= 0.6 is 11.8 Å². The number of hydrogen-bond acceptors (Lipinski definition) is 5. The van der Waals surface area contributed by atoms with Crippen LogP contribution in [0.2, 0.25) is 0 Å². The molecule has 3 rings (SSSR count). The van der Waals surface area contributed by atoms with Crippen LogP contribution in [0.25, 0.3) is 0 Å². The Bertz CT molecular complexity index is 843. The van der Waals surface area contributed by atoms with Crippen LogP contribution in [0.1, 0.15) is 70.8 Å². The van der Waals surface area contributed by atoms with Crippen molar-refractivity contribution < 1.29 is 4.79 Å². The lowest BCUT2D eigenvalue weighted by atomic mass is 9.97. The highest BCUT2D eigenvalue weighted by Crippen LogP contribution is 2.31. The van der Waals surface area contributed by atoms with Crippen molar-refractivity contribution >= 4 is 17.7 Å². The van der Waals surface area contributed by atoms with Gasteiger partial charge in [0.05, 0.1) is 17.8 Å². The molecule has 7 heteroatoms. The van der Waals surface area contributed by atoms with Crippen LogP contribution in [0.15, 0.2) is 35.5 Å². The third kappa shape index (κ3) is 5.50. The molecule has 4 atom stereocenters. The molecule has 0 bridgehead atoms. The lowest BCUT2D eigenvalue weighted by Crippen LogP contribution is -2.50. The number of piperidine rings is 1. The van der Waals surface area contributed by atoms with Gasteiger partial charge in [0.15, 0.2) is 11.0 Å². The highest BCUT2D eigenvalue weighted by atomic mass is 32.2. The number of carbonyl (C=O) groups excluding carboxylic acids is 1. The van der Waals surface area contributed by atoms with E-state index in [1.54, 1.807) is 0 Å². The largest absolute Gasteiger partial charge is 0.336 e. The van der Waals surface area contributed by atoms with Gasteiger partial charge >= 0.3 is 0 Å². The number of benzene rings is 1. The second-order valence-electron chi connectivity index (χ2n) is 8.93. The summed E-state index contributed by atoms with van der Waals surface area (Å²) >= 11 is 1.54. The molecule has 0 radical (unpaired) electrons. The Morgan fingerprint density at radius 2 is 1.81 bits per heavy atom. The zero-order valence-electron chi connectivity index (χ0n) is 19.8. The molecule has 0 spiro atoms. The maximum Gasteiger partial charge on any atom is 0.236 e. The van der Waals surface area contributed by atoms with Gasteiger partial charge in [-0.3, -0.25) is 9.69 Å². The fourth-order valence-corrected chi connectivity index (χ4v) is 5.51. The van der Waals surface area contributed by atoms with Gasteiger partial charge in [0.2, 0.25) is 5.91 Å². The van der Waals surface area contributed by atoms with Gasteiger partial charge in [-0.1, -0.05) is 49.0 Å². The van der Waals surface area contributed by atoms with Crippen molar-refractivity contribution in [3.05, 3.63) is 41.7 Å². The van der Waals surface area contributed by atoms with Crippen LogP contribution in [-0.2, 0) is 11.3 Å². The second-order valence-corrected chi connectivity index (χ2v) is 10.2. The summed E-state index contributed by atoms with van der Waals surface area (Å²) in [5, 5.41) is 9.75. The molecule has 31 heavy (non-hydrogen) atoms. The Morgan fingerprint density at radius 1 is 1.16 bits per heavy atom. The Balaban J connectivity index is 1.87. The number of rotatable bonds is 8. The molecular weight excluding hydrogens is 406 g/mol. The second kappa shape index (κ2) is 10.6.